The highest BCUT2D eigenvalue weighted by molar-refractivity contribution is 5.92. The van der Waals surface area contributed by atoms with Crippen molar-refractivity contribution in [1.82, 2.24) is 4.90 Å². The van der Waals surface area contributed by atoms with E-state index < -0.39 is 24.2 Å². The second kappa shape index (κ2) is 17.9. The maximum Gasteiger partial charge on any atom is 0.425 e. The second-order valence-corrected chi connectivity index (χ2v) is 11.3. The number of hydrogen-bond donors (Lipinski definition) is 0. The van der Waals surface area contributed by atoms with Gasteiger partial charge in [0.15, 0.2) is 6.10 Å². The van der Waals surface area contributed by atoms with Crippen LogP contribution in [0.25, 0.3) is 0 Å². The van der Waals surface area contributed by atoms with E-state index in [9.17, 15) is 22.8 Å². The molecule has 0 bridgehead atoms. The van der Waals surface area contributed by atoms with Crippen LogP contribution in [0.3, 0.4) is 0 Å². The number of halogens is 3. The Morgan fingerprint density at radius 2 is 1.26 bits per heavy atom. The lowest BCUT2D eigenvalue weighted by molar-refractivity contribution is -0.206. The molecule has 1 aliphatic heterocycles. The van der Waals surface area contributed by atoms with Crippen molar-refractivity contribution >= 4 is 17.6 Å². The quantitative estimate of drug-likeness (QED) is 0.103. The van der Waals surface area contributed by atoms with Gasteiger partial charge in [0.05, 0.1) is 11.1 Å². The van der Waals surface area contributed by atoms with E-state index in [4.69, 9.17) is 9.47 Å². The molecule has 238 valence electrons. The molecule has 1 fully saturated rings. The van der Waals surface area contributed by atoms with Crippen molar-refractivity contribution in [1.29, 1.82) is 0 Å². The normalized spacial score (nSPS) is 14.9. The van der Waals surface area contributed by atoms with Crippen LogP contribution in [-0.4, -0.2) is 61.8 Å². The minimum Gasteiger partial charge on any atom is -0.449 e. The molecule has 1 aliphatic rings. The number of ether oxygens (including phenoxy) is 2. The van der Waals surface area contributed by atoms with Crippen LogP contribution in [0, 0.1) is 0 Å². The summed E-state index contributed by atoms with van der Waals surface area (Å²) in [5, 5.41) is 0. The van der Waals surface area contributed by atoms with E-state index in [1.165, 1.54) is 62.8 Å². The highest BCUT2D eigenvalue weighted by atomic mass is 19.4. The van der Waals surface area contributed by atoms with Crippen molar-refractivity contribution in [2.75, 3.05) is 37.6 Å². The smallest absolute Gasteiger partial charge is 0.425 e. The van der Waals surface area contributed by atoms with Crippen LogP contribution in [0.4, 0.5) is 18.9 Å². The Labute approximate surface area is 254 Å². The highest BCUT2D eigenvalue weighted by Gasteiger charge is 2.42. The molecule has 3 rings (SSSR count). The first-order valence-electron chi connectivity index (χ1n) is 15.9. The molecule has 0 radical (unpaired) electrons. The molecular formula is C34H47F3N2O4. The predicted octanol–water partition coefficient (Wildman–Crippen LogP) is 8.45. The fourth-order valence-electron chi connectivity index (χ4n) is 5.22. The zero-order valence-corrected chi connectivity index (χ0v) is 25.7. The molecule has 2 aromatic rings. The van der Waals surface area contributed by atoms with Gasteiger partial charge in [-0.05, 0) is 74.3 Å². The minimum atomic E-state index is -4.63. The molecule has 9 heteroatoms. The average molecular weight is 605 g/mol. The molecule has 6 nitrogen and oxygen atoms in total. The summed E-state index contributed by atoms with van der Waals surface area (Å²) in [6.07, 6.45) is 3.50. The van der Waals surface area contributed by atoms with Gasteiger partial charge in [-0.15, -0.1) is 0 Å². The first kappa shape index (κ1) is 34.4. The van der Waals surface area contributed by atoms with Gasteiger partial charge in [0.1, 0.15) is 5.75 Å². The molecule has 0 amide bonds. The van der Waals surface area contributed by atoms with Crippen molar-refractivity contribution in [2.45, 2.75) is 96.8 Å². The van der Waals surface area contributed by atoms with Crippen LogP contribution < -0.4 is 9.64 Å². The second-order valence-electron chi connectivity index (χ2n) is 11.3. The zero-order chi connectivity index (χ0) is 31.1. The van der Waals surface area contributed by atoms with Crippen molar-refractivity contribution in [2.24, 2.45) is 0 Å². The maximum atomic E-state index is 13.4. The van der Waals surface area contributed by atoms with Gasteiger partial charge in [-0.2, -0.15) is 13.2 Å². The van der Waals surface area contributed by atoms with Crippen LogP contribution in [0.2, 0.25) is 0 Å². The van der Waals surface area contributed by atoms with Crippen LogP contribution in [0.5, 0.6) is 5.75 Å². The molecule has 1 atom stereocenters. The van der Waals surface area contributed by atoms with Crippen molar-refractivity contribution in [3.63, 3.8) is 0 Å². The van der Waals surface area contributed by atoms with Crippen LogP contribution in [-0.2, 0) is 4.74 Å². The molecular weight excluding hydrogens is 557 g/mol. The number of unbranched alkanes of at least 4 members (excludes halogenated alkanes) is 8. The fourth-order valence-corrected chi connectivity index (χ4v) is 5.22. The van der Waals surface area contributed by atoms with E-state index in [2.05, 4.69) is 16.7 Å². The highest BCUT2D eigenvalue weighted by Crippen LogP contribution is 2.28. The number of benzene rings is 2. The third-order valence-electron chi connectivity index (χ3n) is 7.90. The van der Waals surface area contributed by atoms with Gasteiger partial charge >= 0.3 is 18.1 Å². The Balaban J connectivity index is 1.44. The summed E-state index contributed by atoms with van der Waals surface area (Å²) < 4.78 is 50.3. The van der Waals surface area contributed by atoms with Gasteiger partial charge < -0.3 is 14.4 Å². The van der Waals surface area contributed by atoms with E-state index >= 15 is 0 Å². The molecule has 0 aromatic heterocycles. The Morgan fingerprint density at radius 1 is 0.721 bits per heavy atom. The molecule has 0 aliphatic carbocycles. The fraction of sp³-hybridized carbons (Fsp3) is 0.588. The van der Waals surface area contributed by atoms with Gasteiger partial charge in [0, 0.05) is 31.9 Å². The zero-order valence-electron chi connectivity index (χ0n) is 25.7. The molecule has 1 heterocycles. The Bertz CT molecular complexity index is 1100. The largest absolute Gasteiger partial charge is 0.449 e. The van der Waals surface area contributed by atoms with Gasteiger partial charge in [-0.3, -0.25) is 4.90 Å². The van der Waals surface area contributed by atoms with Crippen LogP contribution in [0.15, 0.2) is 48.5 Å². The number of alkyl halides is 3. The summed E-state index contributed by atoms with van der Waals surface area (Å²) >= 11 is 0. The molecule has 0 saturated carbocycles. The molecule has 2 aromatic carbocycles. The van der Waals surface area contributed by atoms with Crippen molar-refractivity contribution < 1.29 is 32.2 Å². The van der Waals surface area contributed by atoms with Crippen LogP contribution >= 0.6 is 0 Å². The first-order chi connectivity index (χ1) is 20.7. The number of hydrogen-bond acceptors (Lipinski definition) is 6. The van der Waals surface area contributed by atoms with Gasteiger partial charge in [-0.1, -0.05) is 65.2 Å². The summed E-state index contributed by atoms with van der Waals surface area (Å²) in [6.45, 7) is 9.30. The van der Waals surface area contributed by atoms with E-state index in [1.54, 1.807) is 12.1 Å². The number of rotatable bonds is 17. The van der Waals surface area contributed by atoms with E-state index in [1.807, 2.05) is 19.1 Å². The lowest BCUT2D eigenvalue weighted by Gasteiger charge is -2.36. The topological polar surface area (TPSA) is 59.1 Å². The number of anilines is 1. The standard InChI is InChI=1S/C34H47F3N2O4/c1-3-5-7-9-10-12-22-38-23-25-39(26-24-38)29-18-14-27(15-19-29)32(40)42-30-20-16-28(17-21-30)33(41)43-31(34(35,36)37)13-11-8-6-4-2/h14-21,31H,3-13,22-26H2,1-2H3/t31-/m1/s1. The molecule has 0 spiro atoms. The number of nitrogens with zero attached hydrogens (tertiary/aromatic N) is 2. The lowest BCUT2D eigenvalue weighted by atomic mass is 10.1. The van der Waals surface area contributed by atoms with Crippen LogP contribution in [0.1, 0.15) is 105 Å². The van der Waals surface area contributed by atoms with Gasteiger partial charge in [0.2, 0.25) is 0 Å². The van der Waals surface area contributed by atoms with Crippen molar-refractivity contribution in [3.05, 3.63) is 59.7 Å². The first-order valence-corrected chi connectivity index (χ1v) is 15.9. The Hall–Kier alpha value is -3.07. The summed E-state index contributed by atoms with van der Waals surface area (Å²) in [7, 11) is 0. The minimum absolute atomic E-state index is 0.0426. The van der Waals surface area contributed by atoms with E-state index in [0.29, 0.717) is 18.4 Å². The maximum absolute atomic E-state index is 13.4. The van der Waals surface area contributed by atoms with Crippen molar-refractivity contribution in [3.8, 4) is 5.75 Å². The SMILES string of the molecule is CCCCCCCCN1CCN(c2ccc(C(=O)Oc3ccc(C(=O)O[C@H](CCCCCC)C(F)(F)F)cc3)cc2)CC1. The summed E-state index contributed by atoms with van der Waals surface area (Å²) in [6, 6.07) is 12.6. The van der Waals surface area contributed by atoms with Gasteiger partial charge in [0.25, 0.3) is 0 Å². The lowest BCUT2D eigenvalue weighted by Crippen LogP contribution is -2.46. The third-order valence-corrected chi connectivity index (χ3v) is 7.90. The van der Waals surface area contributed by atoms with E-state index in [-0.39, 0.29) is 17.7 Å². The average Bonchev–Trinajstić information content (AvgIpc) is 3.00. The summed E-state index contributed by atoms with van der Waals surface area (Å²) in [5.41, 5.74) is 1.39. The Morgan fingerprint density at radius 3 is 1.86 bits per heavy atom. The summed E-state index contributed by atoms with van der Waals surface area (Å²) in [5.74, 6) is -1.44. The number of carbonyl (C=O) groups is 2. The monoisotopic (exact) mass is 604 g/mol. The number of esters is 2. The molecule has 0 unspecified atom stereocenters. The molecule has 0 N–H and O–H groups in total. The molecule has 43 heavy (non-hydrogen) atoms. The number of carbonyl (C=O) groups excluding carboxylic acids is 2. The third kappa shape index (κ3) is 11.9. The van der Waals surface area contributed by atoms with Gasteiger partial charge in [-0.25, -0.2) is 9.59 Å². The predicted molar refractivity (Wildman–Crippen MR) is 164 cm³/mol. The van der Waals surface area contributed by atoms with E-state index in [0.717, 1.165) is 51.3 Å². The Kier molecular flexibility index (Phi) is 14.3. The number of piperazine rings is 1. The molecule has 1 saturated heterocycles. The summed E-state index contributed by atoms with van der Waals surface area (Å²) in [4.78, 5) is 29.9.